The van der Waals surface area contributed by atoms with Crippen LogP contribution >= 0.6 is 25.3 Å². The third-order valence-corrected chi connectivity index (χ3v) is 10.3. The maximum Gasteiger partial charge on any atom is 0.327 e. The Morgan fingerprint density at radius 3 is 1.64 bits per heavy atom. The predicted octanol–water partition coefficient (Wildman–Crippen LogP) is -8.33. The van der Waals surface area contributed by atoms with Gasteiger partial charge in [0.05, 0.1) is 31.7 Å². The highest BCUT2D eigenvalue weighted by Crippen LogP contribution is 2.07. The Balaban J connectivity index is 3.21. The summed E-state index contributed by atoms with van der Waals surface area (Å²) in [4.78, 5) is 128. The number of nitrogens with one attached hydrogen (secondary N) is 9. The number of thiol groups is 2. The molecule has 0 fully saturated rings. The van der Waals surface area contributed by atoms with Crippen LogP contribution in [0.15, 0.2) is 17.5 Å². The number of carbonyl (C=O) groups excluding carboxylic acids is 8. The quantitative estimate of drug-likeness (QED) is 0.0138. The van der Waals surface area contributed by atoms with Crippen LogP contribution in [0.5, 0.6) is 0 Å². The number of guanidine groups is 1. The monoisotopic (exact) mass is 991 g/mol. The number of aliphatic carboxylic acids is 1. The van der Waals surface area contributed by atoms with E-state index in [1.165, 1.54) is 19.4 Å². The molecule has 0 aromatic carbocycles. The Bertz CT molecular complexity index is 1830. The van der Waals surface area contributed by atoms with E-state index in [1.54, 1.807) is 0 Å². The lowest BCUT2D eigenvalue weighted by Gasteiger charge is -2.27. The second kappa shape index (κ2) is 31.2. The summed E-state index contributed by atoms with van der Waals surface area (Å²) in [6, 6.07) is -13.3. The molecule has 0 bridgehead atoms. The van der Waals surface area contributed by atoms with Crippen LogP contribution in [0, 0.1) is 0 Å². The first kappa shape index (κ1) is 59.2. The number of nitrogens with two attached hydrogens (primary N) is 4. The average molecular weight is 992 g/mol. The number of rotatable bonds is 32. The lowest BCUT2D eigenvalue weighted by molar-refractivity contribution is -0.141. The molecule has 0 saturated carbocycles. The smallest absolute Gasteiger partial charge is 0.327 e. The Hall–Kier alpha value is -5.79. The van der Waals surface area contributed by atoms with E-state index in [2.05, 4.69) is 82.8 Å². The van der Waals surface area contributed by atoms with Crippen molar-refractivity contribution in [2.45, 2.75) is 113 Å². The average Bonchev–Trinajstić information content (AvgIpc) is 3.80. The minimum atomic E-state index is -1.73. The summed E-state index contributed by atoms with van der Waals surface area (Å²) in [6.45, 7) is 0.689. The van der Waals surface area contributed by atoms with Gasteiger partial charge in [-0.1, -0.05) is 0 Å². The van der Waals surface area contributed by atoms with Crippen LogP contribution in [0.25, 0.3) is 0 Å². The van der Waals surface area contributed by atoms with E-state index in [4.69, 9.17) is 22.9 Å². The van der Waals surface area contributed by atoms with Crippen molar-refractivity contribution in [2.24, 2.45) is 27.9 Å². The number of hydrogen-bond acceptors (Lipinski definition) is 18. The fraction of sp³-hybridized carbons (Fsp3) is 0.649. The van der Waals surface area contributed by atoms with E-state index in [-0.39, 0.29) is 62.7 Å². The van der Waals surface area contributed by atoms with Gasteiger partial charge < -0.3 is 90.9 Å². The lowest BCUT2D eigenvalue weighted by Crippen LogP contribution is -2.61. The van der Waals surface area contributed by atoms with Gasteiger partial charge in [-0.15, -0.1) is 0 Å². The molecule has 0 spiro atoms. The molecule has 0 aliphatic heterocycles. The molecule has 10 atom stereocenters. The number of aliphatic imine (C=N–C) groups is 1. The highest BCUT2D eigenvalue weighted by Gasteiger charge is 2.35. The molecule has 30 heteroatoms. The van der Waals surface area contributed by atoms with Gasteiger partial charge in [0, 0.05) is 36.4 Å². The number of aromatic nitrogens is 2. The number of carboxylic acid groups (broad SMARTS) is 1. The number of aliphatic hydroxyl groups is 3. The number of nitrogens with zero attached hydrogens (tertiary/aromatic N) is 2. The van der Waals surface area contributed by atoms with Gasteiger partial charge in [0.2, 0.25) is 47.3 Å². The Morgan fingerprint density at radius 1 is 0.672 bits per heavy atom. The second-order valence-electron chi connectivity index (χ2n) is 15.0. The van der Waals surface area contributed by atoms with Crippen LogP contribution in [0.3, 0.4) is 0 Å². The summed E-state index contributed by atoms with van der Waals surface area (Å²) >= 11 is 7.85. The fourth-order valence-corrected chi connectivity index (χ4v) is 6.12. The Morgan fingerprint density at radius 2 is 1.16 bits per heavy atom. The summed E-state index contributed by atoms with van der Waals surface area (Å²) in [5.41, 5.74) is 22.4. The minimum absolute atomic E-state index is 0.00512. The summed E-state index contributed by atoms with van der Waals surface area (Å²) in [5.74, 6) is -9.85. The largest absolute Gasteiger partial charge is 0.480 e. The van der Waals surface area contributed by atoms with Gasteiger partial charge >= 0.3 is 5.97 Å². The van der Waals surface area contributed by atoms with Crippen molar-refractivity contribution >= 4 is 84.4 Å². The Labute approximate surface area is 396 Å². The molecule has 1 aromatic rings. The van der Waals surface area contributed by atoms with Gasteiger partial charge in [0.25, 0.3) is 0 Å². The number of carboxylic acids is 1. The molecule has 28 nitrogen and oxygen atoms in total. The first-order valence-electron chi connectivity index (χ1n) is 20.9. The first-order valence-corrected chi connectivity index (χ1v) is 22.2. The third-order valence-electron chi connectivity index (χ3n) is 9.55. The number of H-pyrrole nitrogens is 1. The van der Waals surface area contributed by atoms with Gasteiger partial charge in [0.15, 0.2) is 5.96 Å². The number of amides is 8. The number of unbranched alkanes of at least 4 members (excludes halogenated alkanes) is 1. The van der Waals surface area contributed by atoms with Gasteiger partial charge in [0.1, 0.15) is 48.3 Å². The molecule has 0 aliphatic carbocycles. The van der Waals surface area contributed by atoms with Crippen LogP contribution in [0.2, 0.25) is 0 Å². The zero-order valence-corrected chi connectivity index (χ0v) is 38.8. The topological polar surface area (TPSA) is 476 Å². The van der Waals surface area contributed by atoms with Crippen molar-refractivity contribution in [1.82, 2.24) is 52.5 Å². The molecule has 1 heterocycles. The molecule has 1 aromatic heterocycles. The number of carbonyl (C=O) groups is 9. The van der Waals surface area contributed by atoms with E-state index in [9.17, 15) is 63.6 Å². The number of aromatic amines is 1. The summed E-state index contributed by atoms with van der Waals surface area (Å²) < 4.78 is 0. The zero-order chi connectivity index (χ0) is 50.8. The summed E-state index contributed by atoms with van der Waals surface area (Å²) in [6.07, 6.45) is 1.42. The van der Waals surface area contributed by atoms with Crippen LogP contribution in [0.1, 0.15) is 51.6 Å². The second-order valence-corrected chi connectivity index (χ2v) is 15.7. The standard InChI is InChI=1S/C37H65N15O13S2/c1-17(28(56)52-27(18(2)55)35(63)48-23(10-19-11-42-16-44-19)32(60)51-26(15-67)36(64)65)45-30(58)21(6-3-4-8-38)46-34(62)25(13-54)50-31(59)22(7-5-9-43-37(40)41)47-33(61)24(12-53)49-29(57)20(39)14-66/h11,16-18,20-27,53-55,66-67H,3-10,12-15,38-39H2,1-2H3,(H,42,44)(H,45,58)(H,46,62)(H,47,61)(H,48,63)(H,49,57)(H,50,59)(H,51,60)(H,52,56)(H,64,65)(H4,40,41,43)/t17-,18+,20-,21-,22-,23-,24-,25-,26-,27-/m0/s1. The predicted molar refractivity (Wildman–Crippen MR) is 245 cm³/mol. The summed E-state index contributed by atoms with van der Waals surface area (Å²) in [5, 5.41) is 58.5. The molecule has 0 unspecified atom stereocenters. The SMILES string of the molecule is C[C@H](NC(=O)[C@H](CCCCN)NC(=O)[C@H](CO)NC(=O)[C@H](CCCN=C(N)N)NC(=O)[C@H](CO)NC(=O)[C@@H](N)CS)C(=O)N[C@H](C(=O)N[C@@H](Cc1cnc[nH]1)C(=O)N[C@@H](CS)C(=O)O)[C@@H](C)O. The zero-order valence-electron chi connectivity index (χ0n) is 37.0. The van der Waals surface area contributed by atoms with E-state index >= 15 is 0 Å². The molecule has 21 N–H and O–H groups in total. The molecule has 0 saturated heterocycles. The maximum atomic E-state index is 13.6. The molecular weight excluding hydrogens is 927 g/mol. The van der Waals surface area contributed by atoms with Crippen molar-refractivity contribution in [3.8, 4) is 0 Å². The van der Waals surface area contributed by atoms with E-state index in [0.29, 0.717) is 12.1 Å². The van der Waals surface area contributed by atoms with Crippen molar-refractivity contribution in [3.63, 3.8) is 0 Å². The fourth-order valence-electron chi connectivity index (χ4n) is 5.71. The van der Waals surface area contributed by atoms with Crippen molar-refractivity contribution in [1.29, 1.82) is 0 Å². The first-order chi connectivity index (χ1) is 31.6. The van der Waals surface area contributed by atoms with Crippen LogP contribution in [-0.4, -0.2) is 188 Å². The molecule has 67 heavy (non-hydrogen) atoms. The third kappa shape index (κ3) is 21.6. The van der Waals surface area contributed by atoms with Crippen molar-refractivity contribution in [2.75, 3.05) is 37.8 Å². The van der Waals surface area contributed by atoms with Gasteiger partial charge in [-0.05, 0) is 52.5 Å². The van der Waals surface area contributed by atoms with Gasteiger partial charge in [-0.3, -0.25) is 43.3 Å². The van der Waals surface area contributed by atoms with Crippen LogP contribution in [0.4, 0.5) is 0 Å². The normalized spacial score (nSPS) is 15.5. The molecular formula is C37H65N15O13S2. The van der Waals surface area contributed by atoms with Gasteiger partial charge in [-0.2, -0.15) is 25.3 Å². The van der Waals surface area contributed by atoms with E-state index in [1.807, 2.05) is 0 Å². The van der Waals surface area contributed by atoms with Crippen LogP contribution in [-0.2, 0) is 49.6 Å². The highest BCUT2D eigenvalue weighted by atomic mass is 32.1. The number of aliphatic hydroxyl groups excluding tert-OH is 3. The number of hydrogen-bond donors (Lipinski definition) is 19. The Kier molecular flexibility index (Phi) is 27.6. The maximum absolute atomic E-state index is 13.6. The van der Waals surface area contributed by atoms with Gasteiger partial charge in [-0.25, -0.2) is 9.78 Å². The molecule has 378 valence electrons. The summed E-state index contributed by atoms with van der Waals surface area (Å²) in [7, 11) is 0. The van der Waals surface area contributed by atoms with Crippen LogP contribution < -0.4 is 65.5 Å². The molecule has 1 rings (SSSR count). The highest BCUT2D eigenvalue weighted by molar-refractivity contribution is 7.80. The lowest BCUT2D eigenvalue weighted by atomic mass is 10.1. The molecule has 0 aliphatic rings. The minimum Gasteiger partial charge on any atom is -0.480 e. The van der Waals surface area contributed by atoms with E-state index in [0.717, 1.165) is 6.92 Å². The van der Waals surface area contributed by atoms with Crippen molar-refractivity contribution < 1.29 is 63.6 Å². The number of imidazole rings is 1. The molecule has 0 radical (unpaired) electrons. The molecule has 8 amide bonds. The van der Waals surface area contributed by atoms with Crippen molar-refractivity contribution in [3.05, 3.63) is 18.2 Å². The van der Waals surface area contributed by atoms with E-state index < -0.39 is 127 Å².